The van der Waals surface area contributed by atoms with Crippen LogP contribution in [0.1, 0.15) is 45.1 Å². The molecule has 1 fully saturated rings. The fourth-order valence-electron chi connectivity index (χ4n) is 3.23. The Kier molecular flexibility index (Phi) is 4.42. The molecular weight excluding hydrogens is 256 g/mol. The quantitative estimate of drug-likeness (QED) is 0.773. The molecule has 0 amide bonds. The first-order chi connectivity index (χ1) is 9.46. The molecule has 0 aliphatic heterocycles. The lowest BCUT2D eigenvalue weighted by Gasteiger charge is -2.36. The molecule has 0 radical (unpaired) electrons. The predicted octanol–water partition coefficient (Wildman–Crippen LogP) is 4.86. The highest BCUT2D eigenvalue weighted by Gasteiger charge is 2.36. The molecule has 1 nitrogen and oxygen atoms in total. The molecule has 2 rings (SSSR count). The summed E-state index contributed by atoms with van der Waals surface area (Å²) < 4.78 is 26.2. The zero-order valence-electron chi connectivity index (χ0n) is 12.1. The van der Waals surface area contributed by atoms with Crippen LogP contribution >= 0.6 is 0 Å². The average Bonchev–Trinajstić information content (AvgIpc) is 2.43. The van der Waals surface area contributed by atoms with Crippen molar-refractivity contribution in [3.63, 3.8) is 0 Å². The van der Waals surface area contributed by atoms with Crippen molar-refractivity contribution < 1.29 is 8.78 Å². The van der Waals surface area contributed by atoms with Gasteiger partial charge in [0.05, 0.1) is 11.5 Å². The molecule has 0 spiro atoms. The molecule has 1 aromatic carbocycles. The van der Waals surface area contributed by atoms with E-state index in [-0.39, 0.29) is 0 Å². The van der Waals surface area contributed by atoms with Gasteiger partial charge in [-0.15, -0.1) is 0 Å². The summed E-state index contributed by atoms with van der Waals surface area (Å²) in [5.74, 6) is -0.328. The van der Waals surface area contributed by atoms with Gasteiger partial charge in [0.1, 0.15) is 0 Å². The molecule has 1 aliphatic carbocycles. The van der Waals surface area contributed by atoms with E-state index in [4.69, 9.17) is 0 Å². The largest absolute Gasteiger partial charge is 0.204 e. The summed E-state index contributed by atoms with van der Waals surface area (Å²) in [6.45, 7) is 4.44. The second kappa shape index (κ2) is 5.91. The Morgan fingerprint density at radius 3 is 2.40 bits per heavy atom. The lowest BCUT2D eigenvalue weighted by Crippen LogP contribution is -2.30. The van der Waals surface area contributed by atoms with Gasteiger partial charge in [-0.2, -0.15) is 5.26 Å². The van der Waals surface area contributed by atoms with Crippen molar-refractivity contribution in [2.75, 3.05) is 0 Å². The molecule has 0 heterocycles. The average molecular weight is 277 g/mol. The Labute approximate surface area is 119 Å². The predicted molar refractivity (Wildman–Crippen MR) is 74.9 cm³/mol. The summed E-state index contributed by atoms with van der Waals surface area (Å²) in [5.41, 5.74) is 0.309. The number of nitriles is 1. The minimum absolute atomic E-state index is 0.407. The minimum Gasteiger partial charge on any atom is -0.204 e. The van der Waals surface area contributed by atoms with Gasteiger partial charge in [-0.3, -0.25) is 0 Å². The minimum atomic E-state index is -0.830. The van der Waals surface area contributed by atoms with Crippen LogP contribution in [0, 0.1) is 40.2 Å². The zero-order chi connectivity index (χ0) is 14.8. The van der Waals surface area contributed by atoms with E-state index in [1.54, 1.807) is 6.07 Å². The van der Waals surface area contributed by atoms with Crippen molar-refractivity contribution in [3.8, 4) is 6.07 Å². The number of hydrogen-bond acceptors (Lipinski definition) is 1. The highest BCUT2D eigenvalue weighted by Crippen LogP contribution is 2.43. The summed E-state index contributed by atoms with van der Waals surface area (Å²) in [6.07, 6.45) is 4.33. The second-order valence-electron chi connectivity index (χ2n) is 6.40. The monoisotopic (exact) mass is 277 g/mol. The van der Waals surface area contributed by atoms with Crippen LogP contribution in [-0.4, -0.2) is 0 Å². The fourth-order valence-corrected chi connectivity index (χ4v) is 3.23. The van der Waals surface area contributed by atoms with Gasteiger partial charge in [0, 0.05) is 0 Å². The molecule has 1 aromatic rings. The van der Waals surface area contributed by atoms with Gasteiger partial charge in [-0.05, 0) is 61.6 Å². The SMILES string of the molecule is CC(C)C1CCC(C#N)(Cc2ccc(F)c(F)c2)CC1. The maximum Gasteiger partial charge on any atom is 0.159 e. The molecule has 20 heavy (non-hydrogen) atoms. The van der Waals surface area contributed by atoms with Crippen molar-refractivity contribution in [2.45, 2.75) is 46.0 Å². The van der Waals surface area contributed by atoms with Crippen LogP contribution in [0.5, 0.6) is 0 Å². The summed E-state index contributed by atoms with van der Waals surface area (Å²) in [4.78, 5) is 0. The van der Waals surface area contributed by atoms with Gasteiger partial charge in [0.2, 0.25) is 0 Å². The number of benzene rings is 1. The van der Waals surface area contributed by atoms with Gasteiger partial charge in [0.25, 0.3) is 0 Å². The van der Waals surface area contributed by atoms with Crippen LogP contribution in [0.25, 0.3) is 0 Å². The third kappa shape index (κ3) is 3.17. The Hall–Kier alpha value is -1.43. The Morgan fingerprint density at radius 1 is 1.25 bits per heavy atom. The first-order valence-corrected chi connectivity index (χ1v) is 7.31. The first-order valence-electron chi connectivity index (χ1n) is 7.31. The van der Waals surface area contributed by atoms with Gasteiger partial charge in [-0.25, -0.2) is 8.78 Å². The summed E-state index contributed by atoms with van der Waals surface area (Å²) >= 11 is 0. The molecule has 3 heteroatoms. The third-order valence-corrected chi connectivity index (χ3v) is 4.69. The van der Waals surface area contributed by atoms with E-state index in [0.717, 1.165) is 31.7 Å². The van der Waals surface area contributed by atoms with Crippen LogP contribution in [0.4, 0.5) is 8.78 Å². The fraction of sp³-hybridized carbons (Fsp3) is 0.588. The highest BCUT2D eigenvalue weighted by atomic mass is 19.2. The smallest absolute Gasteiger partial charge is 0.159 e. The lowest BCUT2D eigenvalue weighted by molar-refractivity contribution is 0.175. The molecule has 0 N–H and O–H groups in total. The van der Waals surface area contributed by atoms with E-state index in [0.29, 0.717) is 23.8 Å². The van der Waals surface area contributed by atoms with Crippen molar-refractivity contribution in [2.24, 2.45) is 17.3 Å². The molecule has 0 aromatic heterocycles. The van der Waals surface area contributed by atoms with E-state index in [2.05, 4.69) is 19.9 Å². The molecule has 1 aliphatic rings. The topological polar surface area (TPSA) is 23.8 Å². The Morgan fingerprint density at radius 2 is 1.90 bits per heavy atom. The lowest BCUT2D eigenvalue weighted by atomic mass is 9.66. The molecule has 0 unspecified atom stereocenters. The van der Waals surface area contributed by atoms with Crippen molar-refractivity contribution in [3.05, 3.63) is 35.4 Å². The van der Waals surface area contributed by atoms with E-state index in [1.807, 2.05) is 0 Å². The molecule has 0 saturated heterocycles. The number of hydrogen-bond donors (Lipinski definition) is 0. The van der Waals surface area contributed by atoms with E-state index < -0.39 is 17.0 Å². The van der Waals surface area contributed by atoms with Crippen LogP contribution in [0.3, 0.4) is 0 Å². The van der Waals surface area contributed by atoms with Crippen LogP contribution in [0.2, 0.25) is 0 Å². The number of nitrogens with zero attached hydrogens (tertiary/aromatic N) is 1. The van der Waals surface area contributed by atoms with Crippen LogP contribution in [0.15, 0.2) is 18.2 Å². The van der Waals surface area contributed by atoms with E-state index in [1.165, 1.54) is 6.07 Å². The second-order valence-corrected chi connectivity index (χ2v) is 6.40. The zero-order valence-corrected chi connectivity index (χ0v) is 12.1. The summed E-state index contributed by atoms with van der Waals surface area (Å²) in [6, 6.07) is 6.41. The van der Waals surface area contributed by atoms with Crippen LogP contribution < -0.4 is 0 Å². The third-order valence-electron chi connectivity index (χ3n) is 4.69. The normalized spacial score (nSPS) is 26.5. The van der Waals surface area contributed by atoms with Crippen molar-refractivity contribution in [1.82, 2.24) is 0 Å². The molecule has 108 valence electrons. The highest BCUT2D eigenvalue weighted by molar-refractivity contribution is 5.22. The van der Waals surface area contributed by atoms with E-state index >= 15 is 0 Å². The number of rotatable bonds is 3. The molecule has 0 atom stereocenters. The summed E-state index contributed by atoms with van der Waals surface area (Å²) in [5, 5.41) is 9.53. The molecule has 1 saturated carbocycles. The molecular formula is C17H21F2N. The first kappa shape index (κ1) is 15.0. The van der Waals surface area contributed by atoms with Crippen molar-refractivity contribution >= 4 is 0 Å². The van der Waals surface area contributed by atoms with Gasteiger partial charge in [0.15, 0.2) is 11.6 Å². The maximum atomic E-state index is 13.3. The van der Waals surface area contributed by atoms with Gasteiger partial charge in [-0.1, -0.05) is 19.9 Å². The van der Waals surface area contributed by atoms with Crippen LogP contribution in [-0.2, 0) is 6.42 Å². The Bertz CT molecular complexity index is 508. The molecule has 0 bridgehead atoms. The van der Waals surface area contributed by atoms with Gasteiger partial charge < -0.3 is 0 Å². The van der Waals surface area contributed by atoms with E-state index in [9.17, 15) is 14.0 Å². The standard InChI is InChI=1S/C17H21F2N/c1-12(2)14-5-7-17(11-20,8-6-14)10-13-3-4-15(18)16(19)9-13/h3-4,9,12,14H,5-8,10H2,1-2H3. The maximum absolute atomic E-state index is 13.3. The number of halogens is 2. The van der Waals surface area contributed by atoms with Gasteiger partial charge >= 0.3 is 0 Å². The summed E-state index contributed by atoms with van der Waals surface area (Å²) in [7, 11) is 0. The van der Waals surface area contributed by atoms with Crippen molar-refractivity contribution in [1.29, 1.82) is 5.26 Å². The Balaban J connectivity index is 2.10.